The molecule has 0 aliphatic heterocycles. The van der Waals surface area contributed by atoms with Crippen LogP contribution in [-0.2, 0) is 14.4 Å². The lowest BCUT2D eigenvalue weighted by Gasteiger charge is -2.12. The maximum atomic E-state index is 12.2. The first-order valence-corrected chi connectivity index (χ1v) is 9.81. The number of nitrogens with zero attached hydrogens (tertiary/aromatic N) is 1. The minimum Gasteiger partial charge on any atom is -0.493 e. The molecule has 3 amide bonds. The minimum absolute atomic E-state index is 0.172. The van der Waals surface area contributed by atoms with Gasteiger partial charge in [0.1, 0.15) is 0 Å². The summed E-state index contributed by atoms with van der Waals surface area (Å²) >= 11 is 6.06. The molecule has 0 atom stereocenters. The summed E-state index contributed by atoms with van der Waals surface area (Å²) in [4.78, 5) is 35.2. The second kappa shape index (κ2) is 12.1. The monoisotopic (exact) mass is 458 g/mol. The van der Waals surface area contributed by atoms with Gasteiger partial charge in [-0.15, -0.1) is 6.58 Å². The predicted molar refractivity (Wildman–Crippen MR) is 122 cm³/mol. The van der Waals surface area contributed by atoms with E-state index in [4.69, 9.17) is 21.1 Å². The van der Waals surface area contributed by atoms with Crippen molar-refractivity contribution < 1.29 is 23.9 Å². The molecule has 0 bridgehead atoms. The number of benzene rings is 2. The van der Waals surface area contributed by atoms with Crippen molar-refractivity contribution in [3.05, 3.63) is 65.2 Å². The number of carbonyl (C=O) groups excluding carboxylic acids is 3. The van der Waals surface area contributed by atoms with E-state index < -0.39 is 11.8 Å². The lowest BCUT2D eigenvalue weighted by atomic mass is 10.2. The molecular weight excluding hydrogens is 436 g/mol. The first-order valence-electron chi connectivity index (χ1n) is 9.43. The molecule has 10 heteroatoms. The van der Waals surface area contributed by atoms with Crippen LogP contribution in [0.1, 0.15) is 11.1 Å². The van der Waals surface area contributed by atoms with E-state index >= 15 is 0 Å². The van der Waals surface area contributed by atoms with Gasteiger partial charge in [-0.3, -0.25) is 14.4 Å². The lowest BCUT2D eigenvalue weighted by Crippen LogP contribution is -2.37. The first kappa shape index (κ1) is 24.4. The van der Waals surface area contributed by atoms with E-state index in [1.54, 1.807) is 43.3 Å². The van der Waals surface area contributed by atoms with E-state index in [1.165, 1.54) is 19.4 Å². The third-order valence-corrected chi connectivity index (χ3v) is 4.49. The summed E-state index contributed by atoms with van der Waals surface area (Å²) in [5.74, 6) is -1.39. The molecule has 2 aromatic rings. The van der Waals surface area contributed by atoms with Crippen LogP contribution in [-0.4, -0.2) is 44.2 Å². The number of methoxy groups -OCH3 is 1. The quantitative estimate of drug-likeness (QED) is 0.231. The van der Waals surface area contributed by atoms with Gasteiger partial charge in [0.05, 0.1) is 13.3 Å². The van der Waals surface area contributed by atoms with Gasteiger partial charge in [0.15, 0.2) is 18.1 Å². The highest BCUT2D eigenvalue weighted by Crippen LogP contribution is 2.28. The number of hydrogen-bond acceptors (Lipinski definition) is 6. The summed E-state index contributed by atoms with van der Waals surface area (Å²) < 4.78 is 10.8. The highest BCUT2D eigenvalue weighted by atomic mass is 35.5. The molecule has 2 aromatic carbocycles. The first-order chi connectivity index (χ1) is 15.3. The highest BCUT2D eigenvalue weighted by molar-refractivity contribution is 6.35. The summed E-state index contributed by atoms with van der Waals surface area (Å²) in [6.45, 7) is 5.17. The molecule has 0 unspecified atom stereocenters. The van der Waals surface area contributed by atoms with Crippen LogP contribution in [0.4, 0.5) is 5.69 Å². The zero-order valence-corrected chi connectivity index (χ0v) is 18.4. The Balaban J connectivity index is 1.94. The zero-order chi connectivity index (χ0) is 23.5. The number of hydrazone groups is 1. The van der Waals surface area contributed by atoms with Gasteiger partial charge in [-0.05, 0) is 48.4 Å². The van der Waals surface area contributed by atoms with Gasteiger partial charge in [-0.2, -0.15) is 5.10 Å². The number of anilines is 1. The number of hydrogen-bond donors (Lipinski definition) is 3. The van der Waals surface area contributed by atoms with Crippen molar-refractivity contribution in [2.75, 3.05) is 25.6 Å². The van der Waals surface area contributed by atoms with Crippen LogP contribution < -0.4 is 25.5 Å². The molecule has 0 fully saturated rings. The van der Waals surface area contributed by atoms with Crippen molar-refractivity contribution in [2.45, 2.75) is 6.92 Å². The van der Waals surface area contributed by atoms with Crippen LogP contribution >= 0.6 is 11.6 Å². The Morgan fingerprint density at radius 1 is 1.16 bits per heavy atom. The smallest absolute Gasteiger partial charge is 0.329 e. The van der Waals surface area contributed by atoms with Crippen LogP contribution in [0.5, 0.6) is 11.5 Å². The Kier molecular flexibility index (Phi) is 9.24. The fourth-order valence-corrected chi connectivity index (χ4v) is 2.59. The summed E-state index contributed by atoms with van der Waals surface area (Å²) in [6.07, 6.45) is 2.78. The molecule has 0 aliphatic carbocycles. The Labute approximate surface area is 190 Å². The van der Waals surface area contributed by atoms with Crippen LogP contribution in [0.15, 0.2) is 54.2 Å². The maximum absolute atomic E-state index is 12.2. The van der Waals surface area contributed by atoms with E-state index in [1.807, 2.05) is 0 Å². The third-order valence-electron chi connectivity index (χ3n) is 4.08. The second-order valence-corrected chi connectivity index (χ2v) is 6.76. The molecule has 32 heavy (non-hydrogen) atoms. The molecule has 9 nitrogen and oxygen atoms in total. The summed E-state index contributed by atoms with van der Waals surface area (Å²) in [7, 11) is 1.45. The fourth-order valence-electron chi connectivity index (χ4n) is 2.42. The van der Waals surface area contributed by atoms with Gasteiger partial charge < -0.3 is 20.1 Å². The lowest BCUT2D eigenvalue weighted by molar-refractivity contribution is -0.139. The van der Waals surface area contributed by atoms with Crippen LogP contribution in [0.25, 0.3) is 0 Å². The number of rotatable bonds is 9. The van der Waals surface area contributed by atoms with E-state index in [0.717, 1.165) is 5.56 Å². The minimum atomic E-state index is -0.907. The van der Waals surface area contributed by atoms with Crippen molar-refractivity contribution in [3.8, 4) is 11.5 Å². The number of amides is 3. The molecule has 0 saturated carbocycles. The van der Waals surface area contributed by atoms with Crippen molar-refractivity contribution >= 4 is 41.2 Å². The molecular formula is C22H23ClN4O5. The topological polar surface area (TPSA) is 118 Å². The van der Waals surface area contributed by atoms with Crippen LogP contribution in [0, 0.1) is 6.92 Å². The third kappa shape index (κ3) is 7.13. The number of halogens is 1. The van der Waals surface area contributed by atoms with Crippen molar-refractivity contribution in [1.82, 2.24) is 10.7 Å². The Hall–Kier alpha value is -3.85. The summed E-state index contributed by atoms with van der Waals surface area (Å²) in [5, 5.41) is 9.36. The SMILES string of the molecule is C=CCNC(=O)C(=O)N/N=C\c1ccc(OCC(=O)Nc2cccc(Cl)c2C)c(OC)c1. The van der Waals surface area contributed by atoms with Crippen LogP contribution in [0.2, 0.25) is 5.02 Å². The molecule has 0 radical (unpaired) electrons. The number of ether oxygens (including phenoxy) is 2. The van der Waals surface area contributed by atoms with E-state index in [-0.39, 0.29) is 19.1 Å². The molecule has 0 aliphatic rings. The second-order valence-electron chi connectivity index (χ2n) is 6.36. The van der Waals surface area contributed by atoms with Crippen molar-refractivity contribution in [1.29, 1.82) is 0 Å². The largest absolute Gasteiger partial charge is 0.493 e. The number of nitrogens with one attached hydrogen (secondary N) is 3. The van der Waals surface area contributed by atoms with Crippen molar-refractivity contribution in [2.24, 2.45) is 5.10 Å². The molecule has 2 rings (SSSR count). The van der Waals surface area contributed by atoms with Gasteiger partial charge in [-0.25, -0.2) is 5.43 Å². The fraction of sp³-hybridized carbons (Fsp3) is 0.182. The van der Waals surface area contributed by atoms with Gasteiger partial charge >= 0.3 is 11.8 Å². The Morgan fingerprint density at radius 3 is 2.66 bits per heavy atom. The van der Waals surface area contributed by atoms with E-state index in [0.29, 0.717) is 27.8 Å². The van der Waals surface area contributed by atoms with Gasteiger partial charge in [-0.1, -0.05) is 23.7 Å². The Bertz CT molecular complexity index is 1040. The standard InChI is InChI=1S/C22H23ClN4O5/c1-4-10-24-21(29)22(30)27-25-12-15-8-9-18(19(11-15)31-3)32-13-20(28)26-17-7-5-6-16(23)14(17)2/h4-9,11-12H,1,10,13H2,2-3H3,(H,24,29)(H,26,28)(H,27,30)/b25-12-. The van der Waals surface area contributed by atoms with Gasteiger partial charge in [0, 0.05) is 17.3 Å². The molecule has 0 aromatic heterocycles. The zero-order valence-electron chi connectivity index (χ0n) is 17.6. The average molecular weight is 459 g/mol. The predicted octanol–water partition coefficient (Wildman–Crippen LogP) is 2.43. The highest BCUT2D eigenvalue weighted by Gasteiger charge is 2.12. The average Bonchev–Trinajstić information content (AvgIpc) is 2.79. The molecule has 0 saturated heterocycles. The number of carbonyl (C=O) groups is 3. The summed E-state index contributed by atoms with van der Waals surface area (Å²) in [5.41, 5.74) is 4.04. The molecule has 0 spiro atoms. The molecule has 3 N–H and O–H groups in total. The van der Waals surface area contributed by atoms with Gasteiger partial charge in [0.25, 0.3) is 5.91 Å². The van der Waals surface area contributed by atoms with Crippen LogP contribution in [0.3, 0.4) is 0 Å². The molecule has 0 heterocycles. The maximum Gasteiger partial charge on any atom is 0.329 e. The Morgan fingerprint density at radius 2 is 1.94 bits per heavy atom. The summed E-state index contributed by atoms with van der Waals surface area (Å²) in [6, 6.07) is 10.1. The van der Waals surface area contributed by atoms with Crippen molar-refractivity contribution in [3.63, 3.8) is 0 Å². The molecule has 168 valence electrons. The van der Waals surface area contributed by atoms with E-state index in [9.17, 15) is 14.4 Å². The van der Waals surface area contributed by atoms with Gasteiger partial charge in [0.2, 0.25) is 0 Å². The normalized spacial score (nSPS) is 10.3. The van der Waals surface area contributed by atoms with E-state index in [2.05, 4.69) is 27.7 Å².